The molecule has 0 saturated carbocycles. The van der Waals surface area contributed by atoms with Gasteiger partial charge < -0.3 is 25.4 Å². The van der Waals surface area contributed by atoms with E-state index in [1.165, 1.54) is 6.07 Å². The summed E-state index contributed by atoms with van der Waals surface area (Å²) in [6.45, 7) is 1.67. The number of fused-ring (bicyclic) bond motifs is 4. The van der Waals surface area contributed by atoms with Crippen molar-refractivity contribution in [3.8, 4) is 22.9 Å². The summed E-state index contributed by atoms with van der Waals surface area (Å²) in [5.74, 6) is -0.0174. The van der Waals surface area contributed by atoms with Crippen LogP contribution in [0.15, 0.2) is 42.5 Å². The molecule has 1 aromatic heterocycles. The Morgan fingerprint density at radius 2 is 1.87 bits per heavy atom. The van der Waals surface area contributed by atoms with Gasteiger partial charge in [0.05, 0.1) is 11.1 Å². The third-order valence-corrected chi connectivity index (χ3v) is 8.27. The summed E-state index contributed by atoms with van der Waals surface area (Å²) in [6.07, 6.45) is 3.28. The summed E-state index contributed by atoms with van der Waals surface area (Å²) in [5, 5.41) is 19.2. The number of nitrogens with one attached hydrogen (secondary N) is 2. The van der Waals surface area contributed by atoms with Crippen LogP contribution in [-0.2, 0) is 4.79 Å². The lowest BCUT2D eigenvalue weighted by Gasteiger charge is -2.34. The number of rotatable bonds is 5. The fourth-order valence-electron chi connectivity index (χ4n) is 6.16. The van der Waals surface area contributed by atoms with E-state index in [1.54, 1.807) is 12.1 Å². The molecule has 3 saturated heterocycles. The molecule has 10 heteroatoms. The Labute approximate surface area is 229 Å². The summed E-state index contributed by atoms with van der Waals surface area (Å²) < 4.78 is 22.5. The number of aromatic hydroxyl groups is 1. The minimum atomic E-state index is -0.603. The molecule has 4 heterocycles. The van der Waals surface area contributed by atoms with Crippen molar-refractivity contribution in [2.75, 3.05) is 24.6 Å². The molecule has 4 aromatic rings. The van der Waals surface area contributed by atoms with Crippen molar-refractivity contribution < 1.29 is 19.0 Å². The molecule has 3 atom stereocenters. The molecule has 8 nitrogen and oxygen atoms in total. The van der Waals surface area contributed by atoms with Crippen molar-refractivity contribution in [3.05, 3.63) is 53.3 Å². The summed E-state index contributed by atoms with van der Waals surface area (Å²) in [6, 6.07) is 12.9. The maximum absolute atomic E-state index is 16.6. The zero-order valence-electron chi connectivity index (χ0n) is 21.1. The highest BCUT2D eigenvalue weighted by molar-refractivity contribution is 6.35. The topological polar surface area (TPSA) is 99.6 Å². The van der Waals surface area contributed by atoms with Crippen LogP contribution in [0.25, 0.3) is 32.8 Å². The van der Waals surface area contributed by atoms with Crippen LogP contribution in [0.1, 0.15) is 25.7 Å². The molecule has 39 heavy (non-hydrogen) atoms. The largest absolute Gasteiger partial charge is 0.508 e. The van der Waals surface area contributed by atoms with E-state index in [4.69, 9.17) is 21.3 Å². The highest BCUT2D eigenvalue weighted by atomic mass is 35.5. The predicted molar refractivity (Wildman–Crippen MR) is 148 cm³/mol. The molecule has 3 fully saturated rings. The number of ether oxygens (including phenoxy) is 1. The van der Waals surface area contributed by atoms with Gasteiger partial charge in [0.25, 0.3) is 0 Å². The number of hydrogen-bond donors (Lipinski definition) is 3. The molecule has 200 valence electrons. The van der Waals surface area contributed by atoms with Gasteiger partial charge in [-0.2, -0.15) is 9.97 Å². The number of phenols is 1. The molecule has 0 aliphatic carbocycles. The Morgan fingerprint density at radius 1 is 1.08 bits per heavy atom. The molecule has 3 unspecified atom stereocenters. The van der Waals surface area contributed by atoms with Crippen LogP contribution in [0.4, 0.5) is 10.2 Å². The van der Waals surface area contributed by atoms with Crippen LogP contribution in [-0.4, -0.2) is 58.8 Å². The molecule has 1 amide bonds. The molecule has 0 radical (unpaired) electrons. The van der Waals surface area contributed by atoms with Gasteiger partial charge in [-0.05, 0) is 53.8 Å². The number of phenolic OH excluding ortho intramolecular Hbond substituents is 1. The van der Waals surface area contributed by atoms with Crippen molar-refractivity contribution in [2.24, 2.45) is 0 Å². The van der Waals surface area contributed by atoms with Crippen molar-refractivity contribution in [3.63, 3.8) is 0 Å². The minimum absolute atomic E-state index is 0.0105. The maximum Gasteiger partial charge on any atom is 0.319 e. The molecule has 0 spiro atoms. The number of amides is 1. The zero-order valence-corrected chi connectivity index (χ0v) is 21.8. The van der Waals surface area contributed by atoms with Gasteiger partial charge >= 0.3 is 6.01 Å². The Bertz CT molecular complexity index is 1620. The molecule has 2 bridgehead atoms. The second-order valence-corrected chi connectivity index (χ2v) is 11.1. The first-order chi connectivity index (χ1) is 18.9. The van der Waals surface area contributed by atoms with Gasteiger partial charge in [0.2, 0.25) is 5.91 Å². The Kier molecular flexibility index (Phi) is 5.93. The van der Waals surface area contributed by atoms with E-state index in [1.807, 2.05) is 24.3 Å². The van der Waals surface area contributed by atoms with Crippen LogP contribution < -0.4 is 20.3 Å². The zero-order chi connectivity index (χ0) is 26.7. The van der Waals surface area contributed by atoms with E-state index in [9.17, 15) is 9.90 Å². The summed E-state index contributed by atoms with van der Waals surface area (Å²) in [5.41, 5.74) is 0.741. The maximum atomic E-state index is 16.6. The molecule has 3 aliphatic heterocycles. The second kappa shape index (κ2) is 9.50. The minimum Gasteiger partial charge on any atom is -0.508 e. The van der Waals surface area contributed by atoms with Gasteiger partial charge in [0, 0.05) is 42.5 Å². The van der Waals surface area contributed by atoms with Gasteiger partial charge in [0.15, 0.2) is 5.82 Å². The van der Waals surface area contributed by atoms with Gasteiger partial charge in [-0.25, -0.2) is 4.39 Å². The second-order valence-electron chi connectivity index (χ2n) is 10.6. The van der Waals surface area contributed by atoms with Gasteiger partial charge in [-0.1, -0.05) is 35.9 Å². The van der Waals surface area contributed by atoms with Crippen LogP contribution in [0.2, 0.25) is 5.02 Å². The number of nitrogens with zero attached hydrogens (tertiary/aromatic N) is 3. The van der Waals surface area contributed by atoms with Crippen molar-refractivity contribution in [1.29, 1.82) is 0 Å². The molecular weight excluding hydrogens is 521 g/mol. The Hall–Kier alpha value is -3.69. The number of halogens is 2. The summed E-state index contributed by atoms with van der Waals surface area (Å²) >= 11 is 6.80. The van der Waals surface area contributed by atoms with Crippen molar-refractivity contribution in [1.82, 2.24) is 20.6 Å². The lowest BCUT2D eigenvalue weighted by molar-refractivity contribution is -0.119. The number of carbonyl (C=O) groups excluding carboxylic acids is 1. The van der Waals surface area contributed by atoms with Crippen molar-refractivity contribution in [2.45, 2.75) is 43.8 Å². The Balaban J connectivity index is 1.38. The number of anilines is 1. The molecule has 7 rings (SSSR count). The van der Waals surface area contributed by atoms with Gasteiger partial charge in [-0.3, -0.25) is 4.79 Å². The van der Waals surface area contributed by atoms with E-state index in [2.05, 4.69) is 20.5 Å². The van der Waals surface area contributed by atoms with Crippen LogP contribution in [0.3, 0.4) is 0 Å². The average molecular weight is 548 g/mol. The molecular formula is C29H27ClFN5O3. The molecule has 3 N–H and O–H groups in total. The lowest BCUT2D eigenvalue weighted by Crippen LogP contribution is -2.51. The summed E-state index contributed by atoms with van der Waals surface area (Å²) in [7, 11) is 0. The first-order valence-electron chi connectivity index (χ1n) is 13.3. The SMILES string of the molecule is O=C1CCC(COc2nc(N3CC4CCC(C3)N4)c3cc(Cl)c(-c4cc(O)cc5ccccc45)c(F)c3n2)N1. The lowest BCUT2D eigenvalue weighted by atomic mass is 9.96. The van der Waals surface area contributed by atoms with Gasteiger partial charge in [-0.15, -0.1) is 0 Å². The number of carbonyl (C=O) groups is 1. The molecule has 3 aliphatic rings. The molecule has 3 aromatic carbocycles. The van der Waals surface area contributed by atoms with Crippen molar-refractivity contribution >= 4 is 45.0 Å². The Morgan fingerprint density at radius 3 is 2.64 bits per heavy atom. The van der Waals surface area contributed by atoms with Crippen LogP contribution >= 0.6 is 11.6 Å². The van der Waals surface area contributed by atoms with E-state index < -0.39 is 5.82 Å². The fraction of sp³-hybridized carbons (Fsp3) is 0.345. The monoisotopic (exact) mass is 547 g/mol. The fourth-order valence-corrected chi connectivity index (χ4v) is 6.46. The smallest absolute Gasteiger partial charge is 0.319 e. The first kappa shape index (κ1) is 24.4. The highest BCUT2D eigenvalue weighted by Gasteiger charge is 2.34. The number of hydrogen-bond acceptors (Lipinski definition) is 7. The van der Waals surface area contributed by atoms with Crippen LogP contribution in [0, 0.1) is 5.82 Å². The number of aromatic nitrogens is 2. The van der Waals surface area contributed by atoms with E-state index in [0.717, 1.165) is 36.7 Å². The van der Waals surface area contributed by atoms with E-state index in [0.29, 0.717) is 41.7 Å². The highest BCUT2D eigenvalue weighted by Crippen LogP contribution is 2.42. The number of piperazine rings is 1. The van der Waals surface area contributed by atoms with Crippen LogP contribution in [0.5, 0.6) is 11.8 Å². The average Bonchev–Trinajstić information content (AvgIpc) is 3.50. The standard InChI is InChI=1S/C29H27ClFN5O3/c30-23-11-22-27(26(31)25(23)21-10-19(37)9-15-3-1-2-4-20(15)21)34-29(39-14-18-7-8-24(38)33-18)35-28(22)36-12-16-5-6-17(13-36)32-16/h1-4,9-11,16-18,32,37H,5-8,12-14H2,(H,33,38). The van der Waals surface area contributed by atoms with Gasteiger partial charge in [0.1, 0.15) is 23.7 Å². The van der Waals surface area contributed by atoms with E-state index in [-0.39, 0.29) is 46.4 Å². The quantitative estimate of drug-likeness (QED) is 0.337. The first-order valence-corrected chi connectivity index (χ1v) is 13.7. The third-order valence-electron chi connectivity index (χ3n) is 7.97. The number of benzene rings is 3. The predicted octanol–water partition coefficient (Wildman–Crippen LogP) is 4.55. The van der Waals surface area contributed by atoms with E-state index >= 15 is 4.39 Å². The summed E-state index contributed by atoms with van der Waals surface area (Å²) in [4.78, 5) is 23.0. The third kappa shape index (κ3) is 4.39. The normalized spacial score (nSPS) is 22.6.